The Labute approximate surface area is 161 Å². The molecule has 4 heterocycles. The van der Waals surface area contributed by atoms with Gasteiger partial charge in [0.25, 0.3) is 0 Å². The van der Waals surface area contributed by atoms with Crippen molar-refractivity contribution < 1.29 is 9.84 Å². The number of nitrogens with zero attached hydrogens (tertiary/aromatic N) is 5. The summed E-state index contributed by atoms with van der Waals surface area (Å²) in [6.45, 7) is 3.20. The number of aromatic nitrogens is 4. The van der Waals surface area contributed by atoms with E-state index in [-0.39, 0.29) is 12.1 Å². The van der Waals surface area contributed by atoms with Crippen LogP contribution in [0.25, 0.3) is 16.8 Å². The highest BCUT2D eigenvalue weighted by molar-refractivity contribution is 6.33. The number of anilines is 1. The van der Waals surface area contributed by atoms with Gasteiger partial charge in [-0.15, -0.1) is 0 Å². The Bertz CT molecular complexity index is 991. The number of rotatable bonds is 1. The molecule has 4 rings (SSSR count). The van der Waals surface area contributed by atoms with Crippen LogP contribution in [0.3, 0.4) is 0 Å². The molecule has 1 fully saturated rings. The molecule has 0 amide bonds. The maximum absolute atomic E-state index is 9.03. The highest BCUT2D eigenvalue weighted by atomic mass is 35.5. The fourth-order valence-corrected chi connectivity index (χ4v) is 2.97. The zero-order valence-electron chi connectivity index (χ0n) is 14.8. The molecule has 3 aromatic heterocycles. The molecule has 0 spiro atoms. The van der Waals surface area contributed by atoms with Gasteiger partial charge in [-0.3, -0.25) is 0 Å². The van der Waals surface area contributed by atoms with Gasteiger partial charge in [-0.25, -0.2) is 14.5 Å². The van der Waals surface area contributed by atoms with Gasteiger partial charge in [-0.05, 0) is 31.9 Å². The van der Waals surface area contributed by atoms with Crippen molar-refractivity contribution in [3.8, 4) is 17.3 Å². The highest BCUT2D eigenvalue weighted by Crippen LogP contribution is 2.30. The summed E-state index contributed by atoms with van der Waals surface area (Å²) in [7, 11) is 0. The van der Waals surface area contributed by atoms with Gasteiger partial charge in [0.1, 0.15) is 6.07 Å². The number of nitriles is 1. The van der Waals surface area contributed by atoms with Crippen LogP contribution in [0.4, 0.5) is 5.95 Å². The molecule has 0 saturated carbocycles. The number of aliphatic hydroxyl groups excluding tert-OH is 1. The number of ether oxygens (including phenoxy) is 1. The van der Waals surface area contributed by atoms with Gasteiger partial charge in [0, 0.05) is 12.2 Å². The molecule has 0 aliphatic carbocycles. The number of halogens is 1. The van der Waals surface area contributed by atoms with E-state index in [1.165, 1.54) is 6.20 Å². The fourth-order valence-electron chi connectivity index (χ4n) is 2.78. The molecule has 3 N–H and O–H groups in total. The molecule has 1 saturated heterocycles. The first-order valence-electron chi connectivity index (χ1n) is 8.43. The van der Waals surface area contributed by atoms with Crippen molar-refractivity contribution in [3.05, 3.63) is 40.8 Å². The van der Waals surface area contributed by atoms with Gasteiger partial charge >= 0.3 is 0 Å². The lowest BCUT2D eigenvalue weighted by Gasteiger charge is -2.15. The van der Waals surface area contributed by atoms with Gasteiger partial charge in [0.05, 0.1) is 52.6 Å². The van der Waals surface area contributed by atoms with E-state index in [1.807, 2.05) is 13.0 Å². The first-order valence-corrected chi connectivity index (χ1v) is 8.80. The topological polar surface area (TPSA) is 122 Å². The van der Waals surface area contributed by atoms with Crippen LogP contribution in [0.5, 0.6) is 0 Å². The van der Waals surface area contributed by atoms with E-state index in [4.69, 9.17) is 32.4 Å². The molecule has 8 nitrogen and oxygen atoms in total. The van der Waals surface area contributed by atoms with Crippen molar-refractivity contribution >= 4 is 23.1 Å². The van der Waals surface area contributed by atoms with E-state index in [0.29, 0.717) is 22.9 Å². The Kier molecular flexibility index (Phi) is 5.86. The summed E-state index contributed by atoms with van der Waals surface area (Å²) in [5.41, 5.74) is 9.01. The Balaban J connectivity index is 0.000000253. The van der Waals surface area contributed by atoms with Crippen molar-refractivity contribution in [2.75, 3.05) is 18.9 Å². The first-order chi connectivity index (χ1) is 13.0. The summed E-state index contributed by atoms with van der Waals surface area (Å²) in [6, 6.07) is 5.68. The third-order valence-corrected chi connectivity index (χ3v) is 4.47. The van der Waals surface area contributed by atoms with E-state index in [1.54, 1.807) is 16.8 Å². The summed E-state index contributed by atoms with van der Waals surface area (Å²) in [6.07, 6.45) is 4.85. The van der Waals surface area contributed by atoms with Gasteiger partial charge < -0.3 is 15.6 Å². The van der Waals surface area contributed by atoms with Crippen molar-refractivity contribution in [2.45, 2.75) is 25.9 Å². The van der Waals surface area contributed by atoms with Crippen LogP contribution < -0.4 is 5.73 Å². The number of aryl methyl sites for hydroxylation is 1. The second-order valence-corrected chi connectivity index (χ2v) is 6.50. The minimum absolute atomic E-state index is 0.147. The van der Waals surface area contributed by atoms with E-state index < -0.39 is 0 Å². The van der Waals surface area contributed by atoms with Crippen LogP contribution in [0.15, 0.2) is 24.5 Å². The molecule has 1 aliphatic rings. The van der Waals surface area contributed by atoms with E-state index in [2.05, 4.69) is 21.1 Å². The Hall–Kier alpha value is -2.73. The van der Waals surface area contributed by atoms with Gasteiger partial charge in [-0.1, -0.05) is 11.6 Å². The van der Waals surface area contributed by atoms with Crippen LogP contribution in [0, 0.1) is 18.3 Å². The molecule has 27 heavy (non-hydrogen) atoms. The van der Waals surface area contributed by atoms with Gasteiger partial charge in [0.2, 0.25) is 5.95 Å². The molecule has 0 aromatic carbocycles. The third-order valence-electron chi connectivity index (χ3n) is 4.20. The van der Waals surface area contributed by atoms with Crippen molar-refractivity contribution in [3.63, 3.8) is 0 Å². The molecule has 1 atom stereocenters. The molecule has 3 aromatic rings. The second-order valence-electron chi connectivity index (χ2n) is 6.10. The van der Waals surface area contributed by atoms with Crippen LogP contribution in [0.2, 0.25) is 5.02 Å². The van der Waals surface area contributed by atoms with Crippen LogP contribution >= 0.6 is 11.6 Å². The molecular formula is C18H19ClN6O2. The van der Waals surface area contributed by atoms with E-state index in [0.717, 1.165) is 36.2 Å². The van der Waals surface area contributed by atoms with E-state index >= 15 is 0 Å². The molecule has 0 radical (unpaired) electrons. The maximum atomic E-state index is 9.03. The Morgan fingerprint density at radius 2 is 2.22 bits per heavy atom. The number of hydrogen-bond donors (Lipinski definition) is 2. The minimum atomic E-state index is -0.186. The average Bonchev–Trinajstić information content (AvgIpc) is 3.10. The summed E-state index contributed by atoms with van der Waals surface area (Å²) < 4.78 is 6.61. The first kappa shape index (κ1) is 19.0. The number of nitrogens with two attached hydrogens (primary N) is 1. The average molecular weight is 387 g/mol. The monoisotopic (exact) mass is 386 g/mol. The van der Waals surface area contributed by atoms with Crippen LogP contribution in [-0.4, -0.2) is 44.0 Å². The second kappa shape index (κ2) is 8.31. The lowest BCUT2D eigenvalue weighted by atomic mass is 10.1. The van der Waals surface area contributed by atoms with Crippen molar-refractivity contribution in [1.82, 2.24) is 19.6 Å². The molecule has 9 heteroatoms. The standard InChI is InChI=1S/C13H9ClN6.C5H10O2/c1-7-8(4-15)2-3-11-9(5-18-20(7)11)12-10(14)6-17-13(16)19-12;6-5-2-1-3-7-4-5/h2-3,5-6H,1H3,(H2,16,17,19);5-6H,1-4H2. The quantitative estimate of drug-likeness (QED) is 0.658. The highest BCUT2D eigenvalue weighted by Gasteiger charge is 2.14. The SMILES string of the molecule is Cc1c(C#N)ccc2c(-c3nc(N)ncc3Cl)cnn12.OC1CCCOC1. The molecule has 0 bridgehead atoms. The maximum Gasteiger partial charge on any atom is 0.220 e. The number of fused-ring (bicyclic) bond motifs is 1. The summed E-state index contributed by atoms with van der Waals surface area (Å²) >= 11 is 6.12. The molecule has 140 valence electrons. The zero-order chi connectivity index (χ0) is 19.4. The fraction of sp³-hybridized carbons (Fsp3) is 0.333. The third kappa shape index (κ3) is 4.17. The number of nitrogen functional groups attached to an aromatic ring is 1. The Morgan fingerprint density at radius 3 is 2.85 bits per heavy atom. The van der Waals surface area contributed by atoms with Crippen molar-refractivity contribution in [1.29, 1.82) is 5.26 Å². The molecule has 1 unspecified atom stereocenters. The van der Waals surface area contributed by atoms with Crippen LogP contribution in [-0.2, 0) is 4.74 Å². The zero-order valence-corrected chi connectivity index (χ0v) is 15.5. The summed E-state index contributed by atoms with van der Waals surface area (Å²) in [5, 5.41) is 22.5. The smallest absolute Gasteiger partial charge is 0.220 e. The predicted octanol–water partition coefficient (Wildman–Crippen LogP) is 2.36. The van der Waals surface area contributed by atoms with Gasteiger partial charge in [0.15, 0.2) is 0 Å². The van der Waals surface area contributed by atoms with Gasteiger partial charge in [-0.2, -0.15) is 10.4 Å². The lowest BCUT2D eigenvalue weighted by molar-refractivity contribution is -0.00535. The summed E-state index contributed by atoms with van der Waals surface area (Å²) in [5.74, 6) is 0.147. The largest absolute Gasteiger partial charge is 0.391 e. The number of pyridine rings is 1. The number of hydrogen-bond acceptors (Lipinski definition) is 7. The molecule has 1 aliphatic heterocycles. The minimum Gasteiger partial charge on any atom is -0.391 e. The van der Waals surface area contributed by atoms with E-state index in [9.17, 15) is 0 Å². The lowest BCUT2D eigenvalue weighted by Crippen LogP contribution is -2.21. The Morgan fingerprint density at radius 1 is 1.41 bits per heavy atom. The number of aliphatic hydroxyl groups is 1. The molecular weight excluding hydrogens is 368 g/mol. The van der Waals surface area contributed by atoms with Crippen LogP contribution in [0.1, 0.15) is 24.1 Å². The predicted molar refractivity (Wildman–Crippen MR) is 101 cm³/mol. The summed E-state index contributed by atoms with van der Waals surface area (Å²) in [4.78, 5) is 7.99. The normalized spacial score (nSPS) is 16.4. The van der Waals surface area contributed by atoms with Crippen molar-refractivity contribution in [2.24, 2.45) is 0 Å².